The Balaban J connectivity index is 1.57. The average molecular weight is 311 g/mol. The van der Waals surface area contributed by atoms with E-state index >= 15 is 0 Å². The Kier molecular flexibility index (Phi) is 3.60. The summed E-state index contributed by atoms with van der Waals surface area (Å²) in [5.41, 5.74) is 2.87. The van der Waals surface area contributed by atoms with Gasteiger partial charge in [-0.05, 0) is 42.0 Å². The van der Waals surface area contributed by atoms with E-state index in [1.807, 2.05) is 23.9 Å². The lowest BCUT2D eigenvalue weighted by molar-refractivity contribution is 0.102. The van der Waals surface area contributed by atoms with Crippen LogP contribution in [-0.4, -0.2) is 34.6 Å². The molecule has 2 aromatic rings. The molecule has 0 radical (unpaired) electrons. The van der Waals surface area contributed by atoms with Gasteiger partial charge in [-0.2, -0.15) is 0 Å². The number of thioether (sulfide) groups is 1. The average Bonchev–Trinajstić information content (AvgIpc) is 3.39. The molecule has 112 valence electrons. The van der Waals surface area contributed by atoms with E-state index < -0.39 is 0 Å². The highest BCUT2D eigenvalue weighted by Gasteiger charge is 2.32. The third-order valence-corrected chi connectivity index (χ3v) is 5.25. The van der Waals surface area contributed by atoms with Crippen molar-refractivity contribution in [2.45, 2.75) is 17.4 Å². The normalized spacial score (nSPS) is 20.3. The molecule has 0 spiro atoms. The Bertz CT molecular complexity index is 700. The standard InChI is InChI=1S/C17H17N3OS/c21-17(19-13-3-6-18-7-4-13)12-1-2-14-15(20-8-9-20)5-10-22-16(14)11-12/h1-4,6-7,11,15H,5,8-10H2,(H,18,19,21). The van der Waals surface area contributed by atoms with Crippen LogP contribution in [0, 0.1) is 0 Å². The third-order valence-electron chi connectivity index (χ3n) is 4.14. The summed E-state index contributed by atoms with van der Waals surface area (Å²) in [7, 11) is 0. The Morgan fingerprint density at radius 3 is 2.82 bits per heavy atom. The summed E-state index contributed by atoms with van der Waals surface area (Å²) < 4.78 is 0. The number of anilines is 1. The summed E-state index contributed by atoms with van der Waals surface area (Å²) >= 11 is 1.86. The number of pyridine rings is 1. The number of amides is 1. The van der Waals surface area contributed by atoms with E-state index in [0.717, 1.165) is 17.0 Å². The van der Waals surface area contributed by atoms with Gasteiger partial charge in [-0.1, -0.05) is 6.07 Å². The van der Waals surface area contributed by atoms with Gasteiger partial charge in [0.1, 0.15) is 0 Å². The molecule has 1 amide bonds. The molecule has 5 heteroatoms. The molecule has 0 saturated carbocycles. The lowest BCUT2D eigenvalue weighted by Gasteiger charge is -2.26. The van der Waals surface area contributed by atoms with Gasteiger partial charge in [-0.3, -0.25) is 14.7 Å². The molecular formula is C17H17N3OS. The van der Waals surface area contributed by atoms with E-state index in [0.29, 0.717) is 6.04 Å². The number of carbonyl (C=O) groups is 1. The highest BCUT2D eigenvalue weighted by molar-refractivity contribution is 7.99. The first-order valence-corrected chi connectivity index (χ1v) is 8.52. The smallest absolute Gasteiger partial charge is 0.255 e. The fraction of sp³-hybridized carbons (Fsp3) is 0.294. The molecule has 1 saturated heterocycles. The number of hydrogen-bond acceptors (Lipinski definition) is 4. The van der Waals surface area contributed by atoms with E-state index in [-0.39, 0.29) is 5.91 Å². The lowest BCUT2D eigenvalue weighted by atomic mass is 10.0. The van der Waals surface area contributed by atoms with E-state index in [4.69, 9.17) is 0 Å². The molecule has 1 unspecified atom stereocenters. The van der Waals surface area contributed by atoms with Crippen molar-refractivity contribution in [3.63, 3.8) is 0 Å². The van der Waals surface area contributed by atoms with Crippen molar-refractivity contribution in [2.75, 3.05) is 24.2 Å². The van der Waals surface area contributed by atoms with Crippen molar-refractivity contribution in [1.82, 2.24) is 9.88 Å². The maximum Gasteiger partial charge on any atom is 0.255 e. The summed E-state index contributed by atoms with van der Waals surface area (Å²) in [5, 5.41) is 2.91. The topological polar surface area (TPSA) is 45.0 Å². The summed E-state index contributed by atoms with van der Waals surface area (Å²) in [6.45, 7) is 2.41. The zero-order chi connectivity index (χ0) is 14.9. The van der Waals surface area contributed by atoms with Crippen LogP contribution in [0.25, 0.3) is 0 Å². The molecule has 3 heterocycles. The maximum absolute atomic E-state index is 12.4. The minimum atomic E-state index is -0.0662. The Morgan fingerprint density at radius 1 is 1.23 bits per heavy atom. The Morgan fingerprint density at radius 2 is 2.05 bits per heavy atom. The third kappa shape index (κ3) is 2.74. The van der Waals surface area contributed by atoms with Crippen LogP contribution in [0.2, 0.25) is 0 Å². The van der Waals surface area contributed by atoms with Gasteiger partial charge in [-0.25, -0.2) is 0 Å². The number of carbonyl (C=O) groups excluding carboxylic acids is 1. The first kappa shape index (κ1) is 13.8. The zero-order valence-corrected chi connectivity index (χ0v) is 13.0. The number of aromatic nitrogens is 1. The molecular weight excluding hydrogens is 294 g/mol. The number of benzene rings is 1. The van der Waals surface area contributed by atoms with E-state index in [9.17, 15) is 4.79 Å². The van der Waals surface area contributed by atoms with Crippen LogP contribution in [0.1, 0.15) is 28.4 Å². The number of fused-ring (bicyclic) bond motifs is 1. The van der Waals surface area contributed by atoms with Gasteiger partial charge >= 0.3 is 0 Å². The van der Waals surface area contributed by atoms with Crippen molar-refractivity contribution >= 4 is 23.4 Å². The molecule has 0 aliphatic carbocycles. The second kappa shape index (κ2) is 5.74. The van der Waals surface area contributed by atoms with Crippen molar-refractivity contribution in [1.29, 1.82) is 0 Å². The van der Waals surface area contributed by atoms with E-state index in [2.05, 4.69) is 21.3 Å². The molecule has 1 fully saturated rings. The Labute approximate surface area is 133 Å². The van der Waals surface area contributed by atoms with Crippen LogP contribution in [-0.2, 0) is 0 Å². The van der Waals surface area contributed by atoms with Crippen LogP contribution < -0.4 is 5.32 Å². The molecule has 0 bridgehead atoms. The largest absolute Gasteiger partial charge is 0.322 e. The SMILES string of the molecule is O=C(Nc1ccncc1)c1ccc2c(c1)SCCC2N1CC1. The summed E-state index contributed by atoms with van der Waals surface area (Å²) in [4.78, 5) is 20.1. The second-order valence-electron chi connectivity index (χ2n) is 5.63. The minimum Gasteiger partial charge on any atom is -0.322 e. The van der Waals surface area contributed by atoms with Gasteiger partial charge in [0.05, 0.1) is 0 Å². The first-order chi connectivity index (χ1) is 10.8. The molecule has 1 aromatic carbocycles. The first-order valence-electron chi connectivity index (χ1n) is 7.53. The second-order valence-corrected chi connectivity index (χ2v) is 6.77. The number of rotatable bonds is 3. The summed E-state index contributed by atoms with van der Waals surface area (Å²) in [5.74, 6) is 1.06. The van der Waals surface area contributed by atoms with Crippen LogP contribution in [0.3, 0.4) is 0 Å². The van der Waals surface area contributed by atoms with Gasteiger partial charge < -0.3 is 5.32 Å². The van der Waals surface area contributed by atoms with E-state index in [1.54, 1.807) is 24.5 Å². The van der Waals surface area contributed by atoms with Gasteiger partial charge in [-0.15, -0.1) is 11.8 Å². The van der Waals surface area contributed by atoms with E-state index in [1.165, 1.54) is 30.0 Å². The van der Waals surface area contributed by atoms with Crippen molar-refractivity contribution in [3.05, 3.63) is 53.9 Å². The molecule has 4 rings (SSSR count). The monoisotopic (exact) mass is 311 g/mol. The molecule has 1 aromatic heterocycles. The highest BCUT2D eigenvalue weighted by atomic mass is 32.2. The molecule has 2 aliphatic rings. The van der Waals surface area contributed by atoms with Crippen molar-refractivity contribution in [3.8, 4) is 0 Å². The zero-order valence-electron chi connectivity index (χ0n) is 12.2. The van der Waals surface area contributed by atoms with Crippen molar-refractivity contribution in [2.24, 2.45) is 0 Å². The molecule has 2 aliphatic heterocycles. The minimum absolute atomic E-state index is 0.0662. The number of nitrogens with one attached hydrogen (secondary N) is 1. The van der Waals surface area contributed by atoms with Gasteiger partial charge in [0, 0.05) is 47.7 Å². The predicted molar refractivity (Wildman–Crippen MR) is 88.3 cm³/mol. The lowest BCUT2D eigenvalue weighted by Crippen LogP contribution is -2.17. The summed E-state index contributed by atoms with van der Waals surface area (Å²) in [6, 6.07) is 10.2. The highest BCUT2D eigenvalue weighted by Crippen LogP contribution is 2.41. The van der Waals surface area contributed by atoms with Crippen LogP contribution in [0.15, 0.2) is 47.6 Å². The maximum atomic E-state index is 12.4. The van der Waals surface area contributed by atoms with Crippen molar-refractivity contribution < 1.29 is 4.79 Å². The van der Waals surface area contributed by atoms with Crippen LogP contribution in [0.5, 0.6) is 0 Å². The number of nitrogens with zero attached hydrogens (tertiary/aromatic N) is 2. The van der Waals surface area contributed by atoms with Crippen LogP contribution in [0.4, 0.5) is 5.69 Å². The molecule has 1 N–H and O–H groups in total. The molecule has 1 atom stereocenters. The molecule has 22 heavy (non-hydrogen) atoms. The number of hydrogen-bond donors (Lipinski definition) is 1. The Hall–Kier alpha value is -1.85. The van der Waals surface area contributed by atoms with Crippen LogP contribution >= 0.6 is 11.8 Å². The fourth-order valence-corrected chi connectivity index (χ4v) is 4.04. The molecule has 4 nitrogen and oxygen atoms in total. The quantitative estimate of drug-likeness (QED) is 0.884. The van der Waals surface area contributed by atoms with Gasteiger partial charge in [0.15, 0.2) is 0 Å². The van der Waals surface area contributed by atoms with Gasteiger partial charge in [0.2, 0.25) is 0 Å². The van der Waals surface area contributed by atoms with Gasteiger partial charge in [0.25, 0.3) is 5.91 Å². The summed E-state index contributed by atoms with van der Waals surface area (Å²) in [6.07, 6.45) is 4.56. The predicted octanol–water partition coefficient (Wildman–Crippen LogP) is 3.19. The fourth-order valence-electron chi connectivity index (χ4n) is 2.90.